The summed E-state index contributed by atoms with van der Waals surface area (Å²) in [5.41, 5.74) is 1.39. The Morgan fingerprint density at radius 3 is 2.45 bits per heavy atom. The number of piperidine rings is 1. The van der Waals surface area contributed by atoms with Gasteiger partial charge in [0, 0.05) is 31.2 Å². The van der Waals surface area contributed by atoms with E-state index in [1.54, 1.807) is 0 Å². The molecule has 0 saturated carbocycles. The highest BCUT2D eigenvalue weighted by Crippen LogP contribution is 2.16. The number of hydrogen-bond acceptors (Lipinski definition) is 3. The van der Waals surface area contributed by atoms with E-state index in [0.717, 1.165) is 26.2 Å². The zero-order chi connectivity index (χ0) is 14.4. The molecule has 0 unspecified atom stereocenters. The smallest absolute Gasteiger partial charge is 0.0494 e. The van der Waals surface area contributed by atoms with Crippen molar-refractivity contribution in [3.63, 3.8) is 0 Å². The first-order chi connectivity index (χ1) is 9.59. The molecule has 1 aliphatic heterocycles. The molecule has 0 spiro atoms. The lowest BCUT2D eigenvalue weighted by atomic mass is 9.93. The molecule has 2 rings (SSSR count). The van der Waals surface area contributed by atoms with E-state index in [9.17, 15) is 5.11 Å². The summed E-state index contributed by atoms with van der Waals surface area (Å²) < 4.78 is 0. The Kier molecular flexibility index (Phi) is 5.58. The first-order valence-electron chi connectivity index (χ1n) is 7.69. The van der Waals surface area contributed by atoms with Gasteiger partial charge in [-0.3, -0.25) is 4.90 Å². The molecule has 1 fully saturated rings. The maximum atomic E-state index is 9.28. The Bertz CT molecular complexity index is 383. The molecule has 0 amide bonds. The second kappa shape index (κ2) is 7.21. The zero-order valence-corrected chi connectivity index (χ0v) is 12.8. The van der Waals surface area contributed by atoms with Gasteiger partial charge < -0.3 is 10.4 Å². The minimum atomic E-state index is -0.0127. The number of aliphatic hydroxyl groups excluding tert-OH is 1. The summed E-state index contributed by atoms with van der Waals surface area (Å²) in [5.74, 6) is 0. The van der Waals surface area contributed by atoms with Crippen molar-refractivity contribution >= 4 is 0 Å². The molecule has 3 heteroatoms. The molecular formula is C17H28N2O. The van der Waals surface area contributed by atoms with Crippen LogP contribution in [0.15, 0.2) is 30.3 Å². The number of rotatable bonds is 6. The fourth-order valence-electron chi connectivity index (χ4n) is 2.61. The molecule has 1 aromatic carbocycles. The van der Waals surface area contributed by atoms with Crippen molar-refractivity contribution in [3.05, 3.63) is 35.9 Å². The van der Waals surface area contributed by atoms with Crippen LogP contribution in [-0.4, -0.2) is 42.3 Å². The normalized spacial score (nSPS) is 18.4. The van der Waals surface area contributed by atoms with E-state index in [2.05, 4.69) is 54.4 Å². The molecule has 1 aliphatic rings. The topological polar surface area (TPSA) is 35.5 Å². The minimum absolute atomic E-state index is 0.0127. The van der Waals surface area contributed by atoms with Crippen molar-refractivity contribution < 1.29 is 5.11 Å². The summed E-state index contributed by atoms with van der Waals surface area (Å²) in [6.07, 6.45) is 2.41. The number of aliphatic hydroxyl groups is 1. The predicted molar refractivity (Wildman–Crippen MR) is 83.6 cm³/mol. The van der Waals surface area contributed by atoms with Crippen molar-refractivity contribution in [2.24, 2.45) is 5.41 Å². The van der Waals surface area contributed by atoms with Gasteiger partial charge in [-0.15, -0.1) is 0 Å². The summed E-state index contributed by atoms with van der Waals surface area (Å²) in [7, 11) is 0. The maximum Gasteiger partial charge on any atom is 0.0494 e. The predicted octanol–water partition coefficient (Wildman–Crippen LogP) is 2.26. The Balaban J connectivity index is 1.70. The molecule has 0 atom stereocenters. The molecule has 20 heavy (non-hydrogen) atoms. The first-order valence-corrected chi connectivity index (χ1v) is 7.69. The van der Waals surface area contributed by atoms with Gasteiger partial charge >= 0.3 is 0 Å². The van der Waals surface area contributed by atoms with E-state index in [1.165, 1.54) is 18.4 Å². The standard InChI is InChI=1S/C17H28N2O/c1-17(2,14-20)13-18-16-8-10-19(11-9-16)12-15-6-4-3-5-7-15/h3-7,16,18,20H,8-14H2,1-2H3. The maximum absolute atomic E-state index is 9.28. The number of nitrogens with one attached hydrogen (secondary N) is 1. The molecule has 0 bridgehead atoms. The van der Waals surface area contributed by atoms with Gasteiger partial charge in [0.1, 0.15) is 0 Å². The van der Waals surface area contributed by atoms with Gasteiger partial charge in [-0.05, 0) is 31.5 Å². The van der Waals surface area contributed by atoms with Gasteiger partial charge in [-0.25, -0.2) is 0 Å². The molecule has 3 nitrogen and oxygen atoms in total. The van der Waals surface area contributed by atoms with Crippen LogP contribution in [0, 0.1) is 5.41 Å². The molecule has 1 saturated heterocycles. The summed E-state index contributed by atoms with van der Waals surface area (Å²) in [6.45, 7) is 8.72. The third kappa shape index (κ3) is 4.89. The summed E-state index contributed by atoms with van der Waals surface area (Å²) in [5, 5.41) is 12.9. The average Bonchev–Trinajstić information content (AvgIpc) is 2.48. The second-order valence-corrected chi connectivity index (χ2v) is 6.74. The molecule has 2 N–H and O–H groups in total. The van der Waals surface area contributed by atoms with Crippen LogP contribution < -0.4 is 5.32 Å². The van der Waals surface area contributed by atoms with E-state index in [0.29, 0.717) is 6.04 Å². The number of nitrogens with zero attached hydrogens (tertiary/aromatic N) is 1. The van der Waals surface area contributed by atoms with Gasteiger partial charge in [0.2, 0.25) is 0 Å². The zero-order valence-electron chi connectivity index (χ0n) is 12.8. The Hall–Kier alpha value is -0.900. The van der Waals surface area contributed by atoms with Crippen LogP contribution in [0.4, 0.5) is 0 Å². The number of benzene rings is 1. The highest BCUT2D eigenvalue weighted by molar-refractivity contribution is 5.14. The van der Waals surface area contributed by atoms with E-state index in [4.69, 9.17) is 0 Å². The SMILES string of the molecule is CC(C)(CO)CNC1CCN(Cc2ccccc2)CC1. The highest BCUT2D eigenvalue weighted by Gasteiger charge is 2.22. The molecule has 1 aromatic rings. The van der Waals surface area contributed by atoms with Crippen molar-refractivity contribution in [2.45, 2.75) is 39.3 Å². The van der Waals surface area contributed by atoms with Crippen molar-refractivity contribution in [2.75, 3.05) is 26.2 Å². The number of likely N-dealkylation sites (tertiary alicyclic amines) is 1. The lowest BCUT2D eigenvalue weighted by Gasteiger charge is -2.34. The molecule has 1 heterocycles. The van der Waals surface area contributed by atoms with E-state index in [-0.39, 0.29) is 12.0 Å². The molecule has 0 aliphatic carbocycles. The van der Waals surface area contributed by atoms with Crippen LogP contribution in [0.1, 0.15) is 32.3 Å². The molecule has 112 valence electrons. The minimum Gasteiger partial charge on any atom is -0.396 e. The second-order valence-electron chi connectivity index (χ2n) is 6.74. The van der Waals surface area contributed by atoms with Gasteiger partial charge in [0.15, 0.2) is 0 Å². The van der Waals surface area contributed by atoms with Crippen molar-refractivity contribution in [3.8, 4) is 0 Å². The van der Waals surface area contributed by atoms with Crippen LogP contribution in [0.5, 0.6) is 0 Å². The quantitative estimate of drug-likeness (QED) is 0.836. The summed E-state index contributed by atoms with van der Waals surface area (Å²) in [6, 6.07) is 11.3. The lowest BCUT2D eigenvalue weighted by molar-refractivity contribution is 0.139. The van der Waals surface area contributed by atoms with E-state index in [1.807, 2.05) is 0 Å². The monoisotopic (exact) mass is 276 g/mol. The van der Waals surface area contributed by atoms with Crippen LogP contribution in [0.3, 0.4) is 0 Å². The van der Waals surface area contributed by atoms with Crippen LogP contribution >= 0.6 is 0 Å². The molecule has 0 radical (unpaired) electrons. The van der Waals surface area contributed by atoms with Gasteiger partial charge in [-0.1, -0.05) is 44.2 Å². The Labute approximate surface area is 123 Å². The lowest BCUT2D eigenvalue weighted by Crippen LogP contribution is -2.45. The van der Waals surface area contributed by atoms with Gasteiger partial charge in [-0.2, -0.15) is 0 Å². The molecule has 0 aromatic heterocycles. The average molecular weight is 276 g/mol. The highest BCUT2D eigenvalue weighted by atomic mass is 16.3. The van der Waals surface area contributed by atoms with Gasteiger partial charge in [0.25, 0.3) is 0 Å². The van der Waals surface area contributed by atoms with Crippen molar-refractivity contribution in [1.82, 2.24) is 10.2 Å². The fraction of sp³-hybridized carbons (Fsp3) is 0.647. The van der Waals surface area contributed by atoms with E-state index >= 15 is 0 Å². The summed E-state index contributed by atoms with van der Waals surface area (Å²) in [4.78, 5) is 2.53. The Morgan fingerprint density at radius 2 is 1.85 bits per heavy atom. The van der Waals surface area contributed by atoms with Gasteiger partial charge in [0.05, 0.1) is 0 Å². The molecular weight excluding hydrogens is 248 g/mol. The number of hydrogen-bond donors (Lipinski definition) is 2. The van der Waals surface area contributed by atoms with Crippen molar-refractivity contribution in [1.29, 1.82) is 0 Å². The van der Waals surface area contributed by atoms with Crippen LogP contribution in [0.25, 0.3) is 0 Å². The summed E-state index contributed by atoms with van der Waals surface area (Å²) >= 11 is 0. The fourth-order valence-corrected chi connectivity index (χ4v) is 2.61. The third-order valence-corrected chi connectivity index (χ3v) is 4.13. The van der Waals surface area contributed by atoms with Crippen LogP contribution in [0.2, 0.25) is 0 Å². The largest absolute Gasteiger partial charge is 0.396 e. The first kappa shape index (κ1) is 15.5. The van der Waals surface area contributed by atoms with Crippen LogP contribution in [-0.2, 0) is 6.54 Å². The third-order valence-electron chi connectivity index (χ3n) is 4.13. The Morgan fingerprint density at radius 1 is 1.20 bits per heavy atom. The van der Waals surface area contributed by atoms with E-state index < -0.39 is 0 Å².